The van der Waals surface area contributed by atoms with E-state index in [9.17, 15) is 9.59 Å². The molecule has 0 bridgehead atoms. The maximum atomic E-state index is 13.0. The summed E-state index contributed by atoms with van der Waals surface area (Å²) in [5.41, 5.74) is 4.20. The Kier molecular flexibility index (Phi) is 8.86. The van der Waals surface area contributed by atoms with E-state index >= 15 is 0 Å². The van der Waals surface area contributed by atoms with Crippen LogP contribution in [0.15, 0.2) is 53.5 Å². The first-order valence-electron chi connectivity index (χ1n) is 9.88. The van der Waals surface area contributed by atoms with Crippen molar-refractivity contribution in [2.24, 2.45) is 4.99 Å². The van der Waals surface area contributed by atoms with Gasteiger partial charge in [-0.1, -0.05) is 42.5 Å². The number of anilines is 2. The molecular weight excluding hydrogens is 439 g/mol. The van der Waals surface area contributed by atoms with Crippen molar-refractivity contribution in [3.63, 3.8) is 0 Å². The van der Waals surface area contributed by atoms with Crippen LogP contribution in [-0.2, 0) is 9.59 Å². The number of fused-ring (bicyclic) bond motifs is 1. The van der Waals surface area contributed by atoms with Gasteiger partial charge in [0.2, 0.25) is 5.91 Å². The molecule has 4 rings (SSSR count). The van der Waals surface area contributed by atoms with Gasteiger partial charge < -0.3 is 20.6 Å². The lowest BCUT2D eigenvalue weighted by Gasteiger charge is -2.31. The fraction of sp³-hybridized carbons (Fsp3) is 0.318. The SMILES string of the molecule is Cl.Cl.O=C(O)CC[C@@H]1N=C(c2ccccc2)c2cccc(N3CCNCC3)c2NC1=O. The molecule has 1 amide bonds. The fourth-order valence-corrected chi connectivity index (χ4v) is 3.81. The molecule has 7 nitrogen and oxygen atoms in total. The normalized spacial score (nSPS) is 17.8. The quantitative estimate of drug-likeness (QED) is 0.632. The average molecular weight is 465 g/mol. The van der Waals surface area contributed by atoms with Crippen molar-refractivity contribution in [2.75, 3.05) is 36.4 Å². The standard InChI is InChI=1S/C22H24N4O3.2ClH/c27-19(28)10-9-17-22(29)25-21-16(20(24-17)15-5-2-1-3-6-15)7-4-8-18(21)26-13-11-23-12-14-26;;/h1-8,17,23H,9-14H2,(H,25,29)(H,27,28);2*1H/t17-;;/m0../s1. The highest BCUT2D eigenvalue weighted by Crippen LogP contribution is 2.34. The number of amides is 1. The van der Waals surface area contributed by atoms with E-state index in [0.717, 1.165) is 48.7 Å². The molecular formula is C22H26Cl2N4O3. The Labute approximate surface area is 193 Å². The number of benzodiazepines with no additional fused rings is 1. The number of aliphatic imine (C=N–C) groups is 1. The van der Waals surface area contributed by atoms with Crippen molar-refractivity contribution in [1.29, 1.82) is 0 Å². The smallest absolute Gasteiger partial charge is 0.303 e. The van der Waals surface area contributed by atoms with Crippen LogP contribution in [0.2, 0.25) is 0 Å². The lowest BCUT2D eigenvalue weighted by atomic mass is 9.99. The Morgan fingerprint density at radius 1 is 1.06 bits per heavy atom. The molecule has 9 heteroatoms. The van der Waals surface area contributed by atoms with E-state index in [0.29, 0.717) is 5.71 Å². The number of carbonyl (C=O) groups is 2. The molecule has 2 aromatic carbocycles. The van der Waals surface area contributed by atoms with Gasteiger partial charge in [-0.25, -0.2) is 0 Å². The van der Waals surface area contributed by atoms with E-state index < -0.39 is 12.0 Å². The number of benzene rings is 2. The Balaban J connectivity index is 0.00000171. The zero-order valence-electron chi connectivity index (χ0n) is 16.9. The molecule has 0 saturated carbocycles. The van der Waals surface area contributed by atoms with Gasteiger partial charge in [0, 0.05) is 43.7 Å². The van der Waals surface area contributed by atoms with Crippen molar-refractivity contribution in [3.8, 4) is 0 Å². The van der Waals surface area contributed by atoms with Gasteiger partial charge in [0.1, 0.15) is 6.04 Å². The molecule has 2 aliphatic rings. The second kappa shape index (κ2) is 11.1. The lowest BCUT2D eigenvalue weighted by Crippen LogP contribution is -2.44. The highest BCUT2D eigenvalue weighted by atomic mass is 35.5. The van der Waals surface area contributed by atoms with Crippen LogP contribution in [0.4, 0.5) is 11.4 Å². The first-order chi connectivity index (χ1) is 14.1. The number of carboxylic acid groups (broad SMARTS) is 1. The van der Waals surface area contributed by atoms with Crippen molar-refractivity contribution < 1.29 is 14.7 Å². The summed E-state index contributed by atoms with van der Waals surface area (Å²) in [4.78, 5) is 31.0. The second-order valence-corrected chi connectivity index (χ2v) is 7.22. The van der Waals surface area contributed by atoms with Crippen molar-refractivity contribution in [1.82, 2.24) is 5.32 Å². The average Bonchev–Trinajstić information content (AvgIpc) is 2.89. The third kappa shape index (κ3) is 5.55. The van der Waals surface area contributed by atoms with Crippen LogP contribution in [0.1, 0.15) is 24.0 Å². The summed E-state index contributed by atoms with van der Waals surface area (Å²) in [6.07, 6.45) is 0.0547. The van der Waals surface area contributed by atoms with Crippen LogP contribution in [0.5, 0.6) is 0 Å². The Bertz CT molecular complexity index is 947. The molecule has 2 aliphatic heterocycles. The molecule has 1 fully saturated rings. The van der Waals surface area contributed by atoms with E-state index in [1.165, 1.54) is 0 Å². The minimum absolute atomic E-state index is 0. The Morgan fingerprint density at radius 2 is 1.77 bits per heavy atom. The van der Waals surface area contributed by atoms with Gasteiger partial charge in [0.25, 0.3) is 0 Å². The number of nitrogens with one attached hydrogen (secondary N) is 2. The first kappa shape index (κ1) is 24.7. The number of aliphatic carboxylic acids is 1. The highest BCUT2D eigenvalue weighted by molar-refractivity contribution is 6.21. The minimum Gasteiger partial charge on any atom is -0.481 e. The van der Waals surface area contributed by atoms with Crippen LogP contribution in [0.25, 0.3) is 0 Å². The summed E-state index contributed by atoms with van der Waals surface area (Å²) in [6.45, 7) is 3.48. The van der Waals surface area contributed by atoms with Gasteiger partial charge in [-0.2, -0.15) is 0 Å². The molecule has 0 aliphatic carbocycles. The van der Waals surface area contributed by atoms with Crippen LogP contribution in [0.3, 0.4) is 0 Å². The largest absolute Gasteiger partial charge is 0.481 e. The molecule has 2 heterocycles. The van der Waals surface area contributed by atoms with Crippen LogP contribution in [0, 0.1) is 0 Å². The molecule has 0 radical (unpaired) electrons. The second-order valence-electron chi connectivity index (χ2n) is 7.22. The number of hydrogen-bond donors (Lipinski definition) is 3. The maximum absolute atomic E-state index is 13.0. The van der Waals surface area contributed by atoms with Crippen molar-refractivity contribution in [3.05, 3.63) is 59.7 Å². The maximum Gasteiger partial charge on any atom is 0.303 e. The first-order valence-corrected chi connectivity index (χ1v) is 9.88. The topological polar surface area (TPSA) is 94.0 Å². The van der Waals surface area contributed by atoms with Crippen LogP contribution >= 0.6 is 24.8 Å². The van der Waals surface area contributed by atoms with Crippen LogP contribution in [-0.4, -0.2) is 54.9 Å². The van der Waals surface area contributed by atoms with E-state index in [1.807, 2.05) is 48.5 Å². The summed E-state index contributed by atoms with van der Waals surface area (Å²) in [6, 6.07) is 15.0. The number of hydrogen-bond acceptors (Lipinski definition) is 5. The molecule has 3 N–H and O–H groups in total. The van der Waals surface area contributed by atoms with E-state index in [1.54, 1.807) is 0 Å². The zero-order valence-corrected chi connectivity index (χ0v) is 18.5. The van der Waals surface area contributed by atoms with Gasteiger partial charge in [0.05, 0.1) is 17.1 Å². The van der Waals surface area contributed by atoms with E-state index in [2.05, 4.69) is 15.5 Å². The van der Waals surface area contributed by atoms with Gasteiger partial charge in [-0.3, -0.25) is 14.6 Å². The molecule has 31 heavy (non-hydrogen) atoms. The van der Waals surface area contributed by atoms with E-state index in [-0.39, 0.29) is 43.6 Å². The van der Waals surface area contributed by atoms with Gasteiger partial charge in [-0.05, 0) is 12.5 Å². The monoisotopic (exact) mass is 464 g/mol. The molecule has 0 unspecified atom stereocenters. The Morgan fingerprint density at radius 3 is 2.45 bits per heavy atom. The van der Waals surface area contributed by atoms with Crippen molar-refractivity contribution in [2.45, 2.75) is 18.9 Å². The Hall–Kier alpha value is -2.61. The van der Waals surface area contributed by atoms with E-state index in [4.69, 9.17) is 10.1 Å². The number of carboxylic acids is 1. The number of para-hydroxylation sites is 1. The predicted octanol–water partition coefficient (Wildman–Crippen LogP) is 2.96. The highest BCUT2D eigenvalue weighted by Gasteiger charge is 2.29. The third-order valence-corrected chi connectivity index (χ3v) is 5.27. The van der Waals surface area contributed by atoms with Gasteiger partial charge in [0.15, 0.2) is 0 Å². The zero-order chi connectivity index (χ0) is 20.2. The van der Waals surface area contributed by atoms with Gasteiger partial charge in [-0.15, -0.1) is 24.8 Å². The molecule has 166 valence electrons. The molecule has 0 aromatic heterocycles. The summed E-state index contributed by atoms with van der Waals surface area (Å²) >= 11 is 0. The van der Waals surface area contributed by atoms with Gasteiger partial charge >= 0.3 is 5.97 Å². The minimum atomic E-state index is -0.933. The molecule has 2 aromatic rings. The fourth-order valence-electron chi connectivity index (χ4n) is 3.81. The molecule has 0 spiro atoms. The lowest BCUT2D eigenvalue weighted by molar-refractivity contribution is -0.137. The summed E-state index contributed by atoms with van der Waals surface area (Å²) in [5.74, 6) is -1.20. The number of carbonyl (C=O) groups excluding carboxylic acids is 1. The summed E-state index contributed by atoms with van der Waals surface area (Å²) in [5, 5.41) is 15.5. The third-order valence-electron chi connectivity index (χ3n) is 5.27. The van der Waals surface area contributed by atoms with Crippen molar-refractivity contribution >= 4 is 53.8 Å². The molecule has 1 atom stereocenters. The summed E-state index contributed by atoms with van der Waals surface area (Å²) < 4.78 is 0. The number of rotatable bonds is 5. The summed E-state index contributed by atoms with van der Waals surface area (Å²) in [7, 11) is 0. The van der Waals surface area contributed by atoms with Crippen LogP contribution < -0.4 is 15.5 Å². The number of nitrogens with zero attached hydrogens (tertiary/aromatic N) is 2. The molecule has 1 saturated heterocycles. The number of piperazine rings is 1. The number of halogens is 2. The predicted molar refractivity (Wildman–Crippen MR) is 127 cm³/mol.